The first-order chi connectivity index (χ1) is 10.2. The maximum atomic E-state index is 4.91. The molecule has 0 spiro atoms. The summed E-state index contributed by atoms with van der Waals surface area (Å²) in [5.74, 6) is 1.10. The van der Waals surface area contributed by atoms with Gasteiger partial charge in [-0.15, -0.1) is 0 Å². The minimum absolute atomic E-state index is 0.500. The van der Waals surface area contributed by atoms with Crippen LogP contribution < -0.4 is 10.2 Å². The molecule has 1 heterocycles. The number of nitrogens with zero attached hydrogens (tertiary/aromatic N) is 2. The van der Waals surface area contributed by atoms with Crippen molar-refractivity contribution in [3.05, 3.63) is 36.0 Å². The first-order valence-corrected chi connectivity index (χ1v) is 7.99. The van der Waals surface area contributed by atoms with Gasteiger partial charge in [-0.1, -0.05) is 44.5 Å². The Kier molecular flexibility index (Phi) is 5.57. The third-order valence-electron chi connectivity index (χ3n) is 4.03. The fourth-order valence-electron chi connectivity index (χ4n) is 2.67. The smallest absolute Gasteiger partial charge is 0.136 e. The summed E-state index contributed by atoms with van der Waals surface area (Å²) in [7, 11) is 2.16. The molecule has 0 amide bonds. The first-order valence-electron chi connectivity index (χ1n) is 7.99. The van der Waals surface area contributed by atoms with Crippen LogP contribution in [0.5, 0.6) is 0 Å². The molecule has 0 aliphatic heterocycles. The average Bonchev–Trinajstić information content (AvgIpc) is 2.51. The highest BCUT2D eigenvalue weighted by molar-refractivity contribution is 5.92. The van der Waals surface area contributed by atoms with Gasteiger partial charge in [0.1, 0.15) is 5.82 Å². The van der Waals surface area contributed by atoms with E-state index in [9.17, 15) is 0 Å². The number of nitrogens with one attached hydrogen (secondary N) is 1. The topological polar surface area (TPSA) is 28.2 Å². The Bertz CT molecular complexity index is 580. The fourth-order valence-corrected chi connectivity index (χ4v) is 2.67. The monoisotopic (exact) mass is 285 g/mol. The van der Waals surface area contributed by atoms with Crippen LogP contribution in [0.1, 0.15) is 39.3 Å². The SMILES string of the molecule is CCCC(C)N(C)c1nc(CNCC)cc2ccccc12. The van der Waals surface area contributed by atoms with E-state index in [1.165, 1.54) is 23.6 Å². The molecule has 1 unspecified atom stereocenters. The van der Waals surface area contributed by atoms with Crippen LogP contribution in [0.2, 0.25) is 0 Å². The Morgan fingerprint density at radius 3 is 2.71 bits per heavy atom. The molecular weight excluding hydrogens is 258 g/mol. The van der Waals surface area contributed by atoms with E-state index in [4.69, 9.17) is 4.98 Å². The lowest BCUT2D eigenvalue weighted by molar-refractivity contribution is 0.610. The molecule has 1 N–H and O–H groups in total. The number of benzene rings is 1. The van der Waals surface area contributed by atoms with Gasteiger partial charge < -0.3 is 10.2 Å². The summed E-state index contributed by atoms with van der Waals surface area (Å²) in [6, 6.07) is 11.2. The van der Waals surface area contributed by atoms with Crippen LogP contribution in [0.4, 0.5) is 5.82 Å². The van der Waals surface area contributed by atoms with Gasteiger partial charge in [-0.3, -0.25) is 0 Å². The molecule has 21 heavy (non-hydrogen) atoms. The molecule has 0 fully saturated rings. The lowest BCUT2D eigenvalue weighted by Gasteiger charge is -2.27. The van der Waals surface area contributed by atoms with Crippen molar-refractivity contribution in [2.75, 3.05) is 18.5 Å². The van der Waals surface area contributed by atoms with Crippen LogP contribution in [0.25, 0.3) is 10.8 Å². The Labute approximate surface area is 128 Å². The highest BCUT2D eigenvalue weighted by Gasteiger charge is 2.14. The van der Waals surface area contributed by atoms with Crippen LogP contribution in [-0.4, -0.2) is 24.6 Å². The van der Waals surface area contributed by atoms with E-state index in [0.717, 1.165) is 24.6 Å². The number of fused-ring (bicyclic) bond motifs is 1. The van der Waals surface area contributed by atoms with E-state index in [-0.39, 0.29) is 0 Å². The summed E-state index contributed by atoms with van der Waals surface area (Å²) in [5, 5.41) is 5.88. The standard InChI is InChI=1S/C18H27N3/c1-5-9-14(3)21(4)18-17-11-8-7-10-15(17)12-16(20-18)13-19-6-2/h7-8,10-12,14,19H,5-6,9,13H2,1-4H3. The van der Waals surface area contributed by atoms with Crippen molar-refractivity contribution in [2.24, 2.45) is 0 Å². The molecule has 1 aromatic carbocycles. The van der Waals surface area contributed by atoms with Gasteiger partial charge in [0.2, 0.25) is 0 Å². The minimum Gasteiger partial charge on any atom is -0.356 e. The number of hydrogen-bond donors (Lipinski definition) is 1. The van der Waals surface area contributed by atoms with Gasteiger partial charge in [0, 0.05) is 25.0 Å². The molecule has 3 heteroatoms. The molecular formula is C18H27N3. The second-order valence-corrected chi connectivity index (χ2v) is 5.69. The first kappa shape index (κ1) is 15.8. The van der Waals surface area contributed by atoms with Gasteiger partial charge in [-0.05, 0) is 31.3 Å². The van der Waals surface area contributed by atoms with Gasteiger partial charge in [-0.2, -0.15) is 0 Å². The maximum absolute atomic E-state index is 4.91. The van der Waals surface area contributed by atoms with E-state index in [1.54, 1.807) is 0 Å². The molecule has 3 nitrogen and oxygen atoms in total. The van der Waals surface area contributed by atoms with Gasteiger partial charge in [0.25, 0.3) is 0 Å². The number of anilines is 1. The summed E-state index contributed by atoms with van der Waals surface area (Å²) in [4.78, 5) is 7.23. The van der Waals surface area contributed by atoms with E-state index in [0.29, 0.717) is 6.04 Å². The van der Waals surface area contributed by atoms with Crippen LogP contribution in [0.15, 0.2) is 30.3 Å². The Hall–Kier alpha value is -1.61. The molecule has 0 saturated heterocycles. The lowest BCUT2D eigenvalue weighted by Crippen LogP contribution is -2.30. The van der Waals surface area contributed by atoms with Crippen molar-refractivity contribution in [3.8, 4) is 0 Å². The third kappa shape index (κ3) is 3.73. The number of hydrogen-bond acceptors (Lipinski definition) is 3. The van der Waals surface area contributed by atoms with E-state index in [2.05, 4.69) is 68.4 Å². The zero-order valence-corrected chi connectivity index (χ0v) is 13.7. The highest BCUT2D eigenvalue weighted by Crippen LogP contribution is 2.27. The van der Waals surface area contributed by atoms with Crippen LogP contribution >= 0.6 is 0 Å². The van der Waals surface area contributed by atoms with Crippen LogP contribution in [0, 0.1) is 0 Å². The Morgan fingerprint density at radius 1 is 1.24 bits per heavy atom. The van der Waals surface area contributed by atoms with Gasteiger partial charge in [0.15, 0.2) is 0 Å². The summed E-state index contributed by atoms with van der Waals surface area (Å²) in [5.41, 5.74) is 1.11. The second kappa shape index (κ2) is 7.41. The molecule has 1 aromatic heterocycles. The van der Waals surface area contributed by atoms with Crippen LogP contribution in [-0.2, 0) is 6.54 Å². The largest absolute Gasteiger partial charge is 0.356 e. The zero-order chi connectivity index (χ0) is 15.2. The average molecular weight is 285 g/mol. The van der Waals surface area contributed by atoms with Crippen molar-refractivity contribution in [3.63, 3.8) is 0 Å². The van der Waals surface area contributed by atoms with Crippen molar-refractivity contribution >= 4 is 16.6 Å². The minimum atomic E-state index is 0.500. The Morgan fingerprint density at radius 2 is 2.00 bits per heavy atom. The normalized spacial score (nSPS) is 12.6. The molecule has 2 aromatic rings. The quantitative estimate of drug-likeness (QED) is 0.834. The summed E-state index contributed by atoms with van der Waals surface area (Å²) in [6.45, 7) is 8.42. The Balaban J connectivity index is 2.43. The van der Waals surface area contributed by atoms with Crippen molar-refractivity contribution < 1.29 is 0 Å². The van der Waals surface area contributed by atoms with E-state index >= 15 is 0 Å². The molecule has 1 atom stereocenters. The van der Waals surface area contributed by atoms with Gasteiger partial charge in [0.05, 0.1) is 5.69 Å². The predicted octanol–water partition coefficient (Wildman–Crippen LogP) is 3.97. The molecule has 0 radical (unpaired) electrons. The molecule has 0 saturated carbocycles. The molecule has 2 rings (SSSR count). The van der Waals surface area contributed by atoms with Crippen LogP contribution in [0.3, 0.4) is 0 Å². The van der Waals surface area contributed by atoms with Crippen molar-refractivity contribution in [2.45, 2.75) is 46.2 Å². The molecule has 0 aliphatic carbocycles. The van der Waals surface area contributed by atoms with Gasteiger partial charge >= 0.3 is 0 Å². The molecule has 114 valence electrons. The summed E-state index contributed by atoms with van der Waals surface area (Å²) >= 11 is 0. The summed E-state index contributed by atoms with van der Waals surface area (Å²) < 4.78 is 0. The maximum Gasteiger partial charge on any atom is 0.136 e. The van der Waals surface area contributed by atoms with E-state index < -0.39 is 0 Å². The highest BCUT2D eigenvalue weighted by atomic mass is 15.2. The van der Waals surface area contributed by atoms with Crippen molar-refractivity contribution in [1.82, 2.24) is 10.3 Å². The molecule has 0 aliphatic rings. The fraction of sp³-hybridized carbons (Fsp3) is 0.500. The predicted molar refractivity (Wildman–Crippen MR) is 91.9 cm³/mol. The number of aromatic nitrogens is 1. The third-order valence-corrected chi connectivity index (χ3v) is 4.03. The van der Waals surface area contributed by atoms with Crippen molar-refractivity contribution in [1.29, 1.82) is 0 Å². The number of rotatable bonds is 7. The van der Waals surface area contributed by atoms with E-state index in [1.807, 2.05) is 0 Å². The summed E-state index contributed by atoms with van der Waals surface area (Å²) in [6.07, 6.45) is 2.38. The lowest BCUT2D eigenvalue weighted by atomic mass is 10.1. The van der Waals surface area contributed by atoms with Gasteiger partial charge in [-0.25, -0.2) is 4.98 Å². The second-order valence-electron chi connectivity index (χ2n) is 5.69. The number of pyridine rings is 1. The zero-order valence-electron chi connectivity index (χ0n) is 13.7. The molecule has 0 bridgehead atoms.